The standard InChI is InChI=1S/C24H27ClN2O5/c1-4-13-32-18-9-6-16(7-10-18)21-22(24(29)27(23(21)28)12-5-14-30-2)26-19-15-17(25)8-11-20(19)31-3/h6-11,15,26H,4-5,12-14H2,1-3H3. The molecule has 32 heavy (non-hydrogen) atoms. The van der Waals surface area contributed by atoms with Crippen LogP contribution < -0.4 is 14.8 Å². The lowest BCUT2D eigenvalue weighted by molar-refractivity contribution is -0.136. The van der Waals surface area contributed by atoms with E-state index in [4.69, 9.17) is 25.8 Å². The number of halogens is 1. The normalized spacial score (nSPS) is 13.7. The van der Waals surface area contributed by atoms with Crippen LogP contribution >= 0.6 is 11.6 Å². The fourth-order valence-electron chi connectivity index (χ4n) is 3.38. The second kappa shape index (κ2) is 11.0. The Kier molecular flexibility index (Phi) is 8.14. The molecular formula is C24H27ClN2O5. The van der Waals surface area contributed by atoms with E-state index in [-0.39, 0.29) is 23.7 Å². The van der Waals surface area contributed by atoms with Crippen molar-refractivity contribution in [2.75, 3.05) is 39.3 Å². The van der Waals surface area contributed by atoms with Gasteiger partial charge in [0.15, 0.2) is 0 Å². The predicted molar refractivity (Wildman–Crippen MR) is 124 cm³/mol. The van der Waals surface area contributed by atoms with Crippen LogP contribution in [0.5, 0.6) is 11.5 Å². The summed E-state index contributed by atoms with van der Waals surface area (Å²) >= 11 is 6.15. The van der Waals surface area contributed by atoms with Gasteiger partial charge in [0.05, 0.1) is 25.0 Å². The summed E-state index contributed by atoms with van der Waals surface area (Å²) in [6.07, 6.45) is 1.44. The molecule has 0 saturated carbocycles. The molecule has 170 valence electrons. The van der Waals surface area contributed by atoms with Crippen LogP contribution in [-0.2, 0) is 14.3 Å². The maximum Gasteiger partial charge on any atom is 0.278 e. The molecule has 0 saturated heterocycles. The monoisotopic (exact) mass is 458 g/mol. The first-order chi connectivity index (χ1) is 15.5. The van der Waals surface area contributed by atoms with Gasteiger partial charge in [0, 0.05) is 25.3 Å². The molecule has 0 unspecified atom stereocenters. The van der Waals surface area contributed by atoms with E-state index >= 15 is 0 Å². The lowest BCUT2D eigenvalue weighted by Gasteiger charge is -2.15. The Balaban J connectivity index is 2.00. The van der Waals surface area contributed by atoms with Crippen LogP contribution in [0, 0.1) is 0 Å². The minimum absolute atomic E-state index is 0.176. The summed E-state index contributed by atoms with van der Waals surface area (Å²) in [6.45, 7) is 3.33. The Morgan fingerprint density at radius 2 is 1.75 bits per heavy atom. The number of rotatable bonds is 11. The van der Waals surface area contributed by atoms with Crippen molar-refractivity contribution in [1.29, 1.82) is 0 Å². The third-order valence-electron chi connectivity index (χ3n) is 4.94. The fourth-order valence-corrected chi connectivity index (χ4v) is 3.55. The van der Waals surface area contributed by atoms with Crippen molar-refractivity contribution in [1.82, 2.24) is 4.90 Å². The summed E-state index contributed by atoms with van der Waals surface area (Å²) in [4.78, 5) is 27.7. The van der Waals surface area contributed by atoms with E-state index in [0.29, 0.717) is 47.4 Å². The minimum atomic E-state index is -0.408. The van der Waals surface area contributed by atoms with Crippen molar-refractivity contribution in [3.63, 3.8) is 0 Å². The molecule has 0 aromatic heterocycles. The molecule has 0 fully saturated rings. The van der Waals surface area contributed by atoms with Crippen molar-refractivity contribution in [3.8, 4) is 11.5 Å². The van der Waals surface area contributed by atoms with E-state index in [0.717, 1.165) is 6.42 Å². The Morgan fingerprint density at radius 3 is 2.41 bits per heavy atom. The van der Waals surface area contributed by atoms with Gasteiger partial charge in [0.2, 0.25) is 0 Å². The van der Waals surface area contributed by atoms with Crippen LogP contribution in [0.2, 0.25) is 5.02 Å². The molecule has 1 heterocycles. The van der Waals surface area contributed by atoms with Crippen molar-refractivity contribution >= 4 is 34.7 Å². The molecule has 8 heteroatoms. The molecule has 0 radical (unpaired) electrons. The first kappa shape index (κ1) is 23.6. The predicted octanol–water partition coefficient (Wildman–Crippen LogP) is 4.37. The van der Waals surface area contributed by atoms with Gasteiger partial charge in [-0.25, -0.2) is 0 Å². The molecule has 2 amide bonds. The Bertz CT molecular complexity index is 1000. The number of imide groups is 1. The van der Waals surface area contributed by atoms with Gasteiger partial charge in [-0.05, 0) is 48.7 Å². The van der Waals surface area contributed by atoms with Gasteiger partial charge < -0.3 is 19.5 Å². The fraction of sp³-hybridized carbons (Fsp3) is 0.333. The van der Waals surface area contributed by atoms with E-state index in [1.807, 2.05) is 6.92 Å². The third kappa shape index (κ3) is 5.23. The second-order valence-electron chi connectivity index (χ2n) is 7.20. The highest BCUT2D eigenvalue weighted by Crippen LogP contribution is 2.35. The molecule has 1 aliphatic rings. The largest absolute Gasteiger partial charge is 0.495 e. The van der Waals surface area contributed by atoms with Crippen LogP contribution in [0.4, 0.5) is 5.69 Å². The summed E-state index contributed by atoms with van der Waals surface area (Å²) in [6, 6.07) is 12.2. The number of benzene rings is 2. The van der Waals surface area contributed by atoms with E-state index in [1.54, 1.807) is 49.6 Å². The van der Waals surface area contributed by atoms with Crippen LogP contribution in [0.1, 0.15) is 25.3 Å². The highest BCUT2D eigenvalue weighted by molar-refractivity contribution is 6.36. The molecular weight excluding hydrogens is 432 g/mol. The van der Waals surface area contributed by atoms with Crippen LogP contribution in [0.3, 0.4) is 0 Å². The summed E-state index contributed by atoms with van der Waals surface area (Å²) < 4.78 is 16.1. The first-order valence-electron chi connectivity index (χ1n) is 10.4. The van der Waals surface area contributed by atoms with Crippen LogP contribution in [0.25, 0.3) is 5.57 Å². The van der Waals surface area contributed by atoms with Gasteiger partial charge in [0.25, 0.3) is 11.8 Å². The second-order valence-corrected chi connectivity index (χ2v) is 7.64. The number of carbonyl (C=O) groups excluding carboxylic acids is 2. The highest BCUT2D eigenvalue weighted by atomic mass is 35.5. The Labute approximate surface area is 192 Å². The van der Waals surface area contributed by atoms with Gasteiger partial charge in [-0.2, -0.15) is 0 Å². The highest BCUT2D eigenvalue weighted by Gasteiger charge is 2.39. The van der Waals surface area contributed by atoms with Gasteiger partial charge in [-0.3, -0.25) is 14.5 Å². The molecule has 0 bridgehead atoms. The molecule has 0 atom stereocenters. The lowest BCUT2D eigenvalue weighted by Crippen LogP contribution is -2.33. The van der Waals surface area contributed by atoms with E-state index in [1.165, 1.54) is 12.0 Å². The SMILES string of the molecule is CCCOc1ccc(C2=C(Nc3cc(Cl)ccc3OC)C(=O)N(CCCOC)C2=O)cc1. The molecule has 0 spiro atoms. The number of amides is 2. The molecule has 1 aliphatic heterocycles. The molecule has 2 aromatic rings. The first-order valence-corrected chi connectivity index (χ1v) is 10.8. The molecule has 3 rings (SSSR count). The molecule has 0 aliphatic carbocycles. The lowest BCUT2D eigenvalue weighted by atomic mass is 10.0. The van der Waals surface area contributed by atoms with Gasteiger partial charge in [-0.1, -0.05) is 30.7 Å². The van der Waals surface area contributed by atoms with Crippen molar-refractivity contribution in [2.24, 2.45) is 0 Å². The van der Waals surface area contributed by atoms with E-state index < -0.39 is 5.91 Å². The minimum Gasteiger partial charge on any atom is -0.495 e. The third-order valence-corrected chi connectivity index (χ3v) is 5.17. The average Bonchev–Trinajstić information content (AvgIpc) is 3.02. The number of nitrogens with zero attached hydrogens (tertiary/aromatic N) is 1. The number of nitrogens with one attached hydrogen (secondary N) is 1. The number of methoxy groups -OCH3 is 2. The Morgan fingerprint density at radius 1 is 1.00 bits per heavy atom. The summed E-state index contributed by atoms with van der Waals surface area (Å²) in [5.74, 6) is 0.435. The smallest absolute Gasteiger partial charge is 0.278 e. The summed E-state index contributed by atoms with van der Waals surface area (Å²) in [5.41, 5.74) is 1.58. The van der Waals surface area contributed by atoms with Crippen molar-refractivity contribution < 1.29 is 23.8 Å². The molecule has 1 N–H and O–H groups in total. The zero-order valence-corrected chi connectivity index (χ0v) is 19.2. The van der Waals surface area contributed by atoms with Crippen LogP contribution in [-0.4, -0.2) is 50.7 Å². The maximum atomic E-state index is 13.3. The molecule has 7 nitrogen and oxygen atoms in total. The number of hydrogen-bond donors (Lipinski definition) is 1. The number of carbonyl (C=O) groups is 2. The van der Waals surface area contributed by atoms with Crippen molar-refractivity contribution in [2.45, 2.75) is 19.8 Å². The average molecular weight is 459 g/mol. The zero-order chi connectivity index (χ0) is 23.1. The zero-order valence-electron chi connectivity index (χ0n) is 18.4. The maximum absolute atomic E-state index is 13.3. The number of anilines is 1. The molecule has 2 aromatic carbocycles. The number of hydrogen-bond acceptors (Lipinski definition) is 6. The van der Waals surface area contributed by atoms with E-state index in [9.17, 15) is 9.59 Å². The summed E-state index contributed by atoms with van der Waals surface area (Å²) in [5, 5.41) is 3.57. The Hall–Kier alpha value is -3.03. The van der Waals surface area contributed by atoms with Crippen LogP contribution in [0.15, 0.2) is 48.2 Å². The van der Waals surface area contributed by atoms with Gasteiger partial charge >= 0.3 is 0 Å². The van der Waals surface area contributed by atoms with Gasteiger partial charge in [-0.15, -0.1) is 0 Å². The quantitative estimate of drug-likeness (QED) is 0.398. The number of ether oxygens (including phenoxy) is 3. The van der Waals surface area contributed by atoms with Crippen molar-refractivity contribution in [3.05, 3.63) is 58.7 Å². The summed E-state index contributed by atoms with van der Waals surface area (Å²) in [7, 11) is 3.11. The topological polar surface area (TPSA) is 77.1 Å². The van der Waals surface area contributed by atoms with Gasteiger partial charge in [0.1, 0.15) is 17.2 Å². The van der Waals surface area contributed by atoms with E-state index in [2.05, 4.69) is 5.32 Å².